The van der Waals surface area contributed by atoms with Crippen molar-refractivity contribution in [3.05, 3.63) is 128 Å². The summed E-state index contributed by atoms with van der Waals surface area (Å²) in [7, 11) is 3.36. The first-order valence-electron chi connectivity index (χ1n) is 15.8. The summed E-state index contributed by atoms with van der Waals surface area (Å²) in [6.45, 7) is 0. The Kier molecular flexibility index (Phi) is 9.14. The van der Waals surface area contributed by atoms with Gasteiger partial charge in [0.05, 0.1) is 14.2 Å². The molecule has 0 aliphatic rings. The molecule has 4 N–H and O–H groups in total. The molecule has 0 spiro atoms. The van der Waals surface area contributed by atoms with Gasteiger partial charge in [-0.05, 0) is 72.0 Å². The summed E-state index contributed by atoms with van der Waals surface area (Å²) < 4.78 is 11.1. The first-order chi connectivity index (χ1) is 24.5. The number of para-hydroxylation sites is 1. The number of hydrogen-bond acceptors (Lipinski definition) is 7. The molecule has 0 fully saturated rings. The number of aromatic hydroxyl groups is 2. The van der Waals surface area contributed by atoms with Gasteiger partial charge < -0.3 is 29.7 Å². The van der Waals surface area contributed by atoms with Crippen LogP contribution < -0.4 is 9.47 Å². The maximum atomic E-state index is 9.77. The van der Waals surface area contributed by atoms with Crippen molar-refractivity contribution in [2.45, 2.75) is 4.90 Å². The highest BCUT2D eigenvalue weighted by molar-refractivity contribution is 7.98. The fraction of sp³-hybridized carbons (Fsp3) is 0.0732. The Labute approximate surface area is 293 Å². The van der Waals surface area contributed by atoms with Crippen molar-refractivity contribution in [2.24, 2.45) is 0 Å². The van der Waals surface area contributed by atoms with E-state index >= 15 is 0 Å². The molecular weight excluding hydrogens is 645 g/mol. The Bertz CT molecular complexity index is 2430. The maximum Gasteiger partial charge on any atom is 0.137 e. The second kappa shape index (κ2) is 14.1. The van der Waals surface area contributed by atoms with Crippen LogP contribution in [0.2, 0.25) is 0 Å². The van der Waals surface area contributed by atoms with E-state index < -0.39 is 0 Å². The van der Waals surface area contributed by atoms with Crippen LogP contribution in [0.1, 0.15) is 0 Å². The molecule has 248 valence electrons. The Balaban J connectivity index is 0.000000157. The summed E-state index contributed by atoms with van der Waals surface area (Å²) in [5.74, 6) is 2.14. The van der Waals surface area contributed by atoms with Gasteiger partial charge in [-0.2, -0.15) is 0 Å². The Morgan fingerprint density at radius 2 is 1.10 bits per heavy atom. The number of aromatic amines is 2. The number of fused-ring (bicyclic) bond motifs is 2. The molecule has 0 atom stereocenters. The Morgan fingerprint density at radius 3 is 1.68 bits per heavy atom. The first kappa shape index (κ1) is 32.4. The largest absolute Gasteiger partial charge is 0.508 e. The molecule has 4 heterocycles. The molecule has 0 bridgehead atoms. The number of thioether (sulfide) groups is 1. The van der Waals surface area contributed by atoms with Gasteiger partial charge in [0, 0.05) is 73.8 Å². The fourth-order valence-corrected chi connectivity index (χ4v) is 6.74. The molecule has 0 saturated carbocycles. The third-order valence-corrected chi connectivity index (χ3v) is 9.30. The van der Waals surface area contributed by atoms with Crippen LogP contribution in [-0.4, -0.2) is 50.6 Å². The number of benzene rings is 4. The van der Waals surface area contributed by atoms with Crippen LogP contribution in [0.4, 0.5) is 0 Å². The van der Waals surface area contributed by atoms with Gasteiger partial charge >= 0.3 is 0 Å². The van der Waals surface area contributed by atoms with Gasteiger partial charge in [-0.1, -0.05) is 48.5 Å². The Morgan fingerprint density at radius 1 is 0.560 bits per heavy atom. The third-order valence-electron chi connectivity index (χ3n) is 8.52. The number of ether oxygens (including phenoxy) is 2. The molecule has 0 amide bonds. The number of aromatic nitrogens is 4. The quantitative estimate of drug-likeness (QED) is 0.124. The maximum absolute atomic E-state index is 9.77. The van der Waals surface area contributed by atoms with E-state index in [1.807, 2.05) is 79.3 Å². The topological polar surface area (TPSA) is 116 Å². The molecule has 0 radical (unpaired) electrons. The average molecular weight is 679 g/mol. The molecule has 0 aliphatic carbocycles. The zero-order valence-electron chi connectivity index (χ0n) is 27.6. The lowest BCUT2D eigenvalue weighted by atomic mass is 10.0. The van der Waals surface area contributed by atoms with Gasteiger partial charge in [0.1, 0.15) is 34.3 Å². The zero-order chi connectivity index (χ0) is 34.6. The predicted octanol–water partition coefficient (Wildman–Crippen LogP) is 9.94. The molecule has 4 aromatic carbocycles. The van der Waals surface area contributed by atoms with Gasteiger partial charge in [0.15, 0.2) is 0 Å². The smallest absolute Gasteiger partial charge is 0.137 e. The molecule has 50 heavy (non-hydrogen) atoms. The summed E-state index contributed by atoms with van der Waals surface area (Å²) in [6, 6.07) is 32.5. The number of rotatable bonds is 7. The number of nitrogens with zero attached hydrogens (tertiary/aromatic N) is 2. The predicted molar refractivity (Wildman–Crippen MR) is 202 cm³/mol. The lowest BCUT2D eigenvalue weighted by Crippen LogP contribution is -1.90. The third kappa shape index (κ3) is 6.34. The van der Waals surface area contributed by atoms with E-state index in [0.29, 0.717) is 0 Å². The van der Waals surface area contributed by atoms with E-state index in [1.54, 1.807) is 56.4 Å². The number of hydrogen-bond donors (Lipinski definition) is 4. The molecule has 0 saturated heterocycles. The number of phenols is 2. The van der Waals surface area contributed by atoms with Gasteiger partial charge in [-0.25, -0.2) is 9.97 Å². The van der Waals surface area contributed by atoms with Crippen molar-refractivity contribution in [2.75, 3.05) is 20.5 Å². The highest BCUT2D eigenvalue weighted by Gasteiger charge is 2.17. The van der Waals surface area contributed by atoms with Gasteiger partial charge in [-0.3, -0.25) is 0 Å². The fourth-order valence-electron chi connectivity index (χ4n) is 6.11. The monoisotopic (exact) mass is 678 g/mol. The van der Waals surface area contributed by atoms with Crippen molar-refractivity contribution in [3.8, 4) is 67.5 Å². The highest BCUT2D eigenvalue weighted by atomic mass is 32.2. The SMILES string of the molecule is COc1cccc(SC)c1-c1c[nH]c2ncc(-c3cccc(O)c3)cc12.COc1ccccc1-c1c[nH]c2ncc(-c3cccc(O)c3)cc12. The van der Waals surface area contributed by atoms with E-state index in [9.17, 15) is 10.2 Å². The lowest BCUT2D eigenvalue weighted by molar-refractivity contribution is 0.415. The minimum atomic E-state index is 0.242. The summed E-state index contributed by atoms with van der Waals surface area (Å²) >= 11 is 1.69. The van der Waals surface area contributed by atoms with Crippen LogP contribution in [0.15, 0.2) is 133 Å². The molecule has 8 rings (SSSR count). The first-order valence-corrected chi connectivity index (χ1v) is 17.1. The van der Waals surface area contributed by atoms with Crippen LogP contribution in [0.5, 0.6) is 23.0 Å². The van der Waals surface area contributed by atoms with Crippen LogP contribution in [0.3, 0.4) is 0 Å². The van der Waals surface area contributed by atoms with E-state index in [2.05, 4.69) is 44.4 Å². The minimum Gasteiger partial charge on any atom is -0.508 e. The summed E-state index contributed by atoms with van der Waals surface area (Å²) in [6.07, 6.45) is 9.60. The second-order valence-electron chi connectivity index (χ2n) is 11.5. The molecule has 8 aromatic rings. The summed E-state index contributed by atoms with van der Waals surface area (Å²) in [5, 5.41) is 21.5. The van der Waals surface area contributed by atoms with Gasteiger partial charge in [-0.15, -0.1) is 11.8 Å². The van der Waals surface area contributed by atoms with Crippen molar-refractivity contribution in [1.29, 1.82) is 0 Å². The number of nitrogens with one attached hydrogen (secondary N) is 2. The molecule has 4 aromatic heterocycles. The lowest BCUT2D eigenvalue weighted by Gasteiger charge is -2.12. The summed E-state index contributed by atoms with van der Waals surface area (Å²) in [5.41, 5.74) is 9.57. The average Bonchev–Trinajstić information content (AvgIpc) is 3.78. The van der Waals surface area contributed by atoms with Crippen molar-refractivity contribution in [1.82, 2.24) is 19.9 Å². The number of H-pyrrole nitrogens is 2. The number of pyridine rings is 2. The highest BCUT2D eigenvalue weighted by Crippen LogP contribution is 2.42. The normalized spacial score (nSPS) is 10.9. The van der Waals surface area contributed by atoms with Crippen molar-refractivity contribution < 1.29 is 19.7 Å². The van der Waals surface area contributed by atoms with Crippen molar-refractivity contribution in [3.63, 3.8) is 0 Å². The second-order valence-corrected chi connectivity index (χ2v) is 12.3. The number of methoxy groups -OCH3 is 2. The zero-order valence-corrected chi connectivity index (χ0v) is 28.5. The summed E-state index contributed by atoms with van der Waals surface area (Å²) in [4.78, 5) is 16.7. The molecule has 8 nitrogen and oxygen atoms in total. The Hall–Kier alpha value is -6.19. The van der Waals surface area contributed by atoms with Gasteiger partial charge in [0.2, 0.25) is 0 Å². The van der Waals surface area contributed by atoms with Crippen LogP contribution in [-0.2, 0) is 0 Å². The van der Waals surface area contributed by atoms with E-state index in [0.717, 1.165) is 83.0 Å². The minimum absolute atomic E-state index is 0.242. The molecule has 0 unspecified atom stereocenters. The molecular formula is C41H34N4O4S. The van der Waals surface area contributed by atoms with Crippen LogP contribution >= 0.6 is 11.8 Å². The standard InChI is InChI=1S/C21H18N2O2S.C20H16N2O2/c1-25-18-7-4-8-19(26-2)20(18)17-12-23-21-16(17)10-14(11-22-21)13-5-3-6-15(24)9-13;1-24-19-8-3-2-7-16(19)18-12-22-20-17(18)10-14(11-21-20)13-5-4-6-15(23)9-13/h3-12,24H,1-2H3,(H,22,23);2-12,23H,1H3,(H,21,22). The van der Waals surface area contributed by atoms with E-state index in [-0.39, 0.29) is 11.5 Å². The van der Waals surface area contributed by atoms with E-state index in [4.69, 9.17) is 9.47 Å². The van der Waals surface area contributed by atoms with Crippen LogP contribution in [0.25, 0.3) is 66.6 Å². The van der Waals surface area contributed by atoms with Gasteiger partial charge in [0.25, 0.3) is 0 Å². The number of phenolic OH excluding ortho intramolecular Hbond substituents is 2. The van der Waals surface area contributed by atoms with Crippen molar-refractivity contribution >= 4 is 33.8 Å². The molecule has 0 aliphatic heterocycles. The van der Waals surface area contributed by atoms with E-state index in [1.165, 1.54) is 0 Å². The van der Waals surface area contributed by atoms with Crippen LogP contribution in [0, 0.1) is 0 Å². The molecule has 9 heteroatoms.